The second-order valence-electron chi connectivity index (χ2n) is 6.15. The van der Waals surface area contributed by atoms with Gasteiger partial charge in [0.2, 0.25) is 0 Å². The Morgan fingerprint density at radius 3 is 2.33 bits per heavy atom. The number of nitrogens with zero attached hydrogens (tertiary/aromatic N) is 1. The molecule has 3 rings (SSSR count). The number of benzene rings is 3. The zero-order chi connectivity index (χ0) is 19.2. The van der Waals surface area contributed by atoms with Crippen molar-refractivity contribution in [2.45, 2.75) is 13.5 Å². The van der Waals surface area contributed by atoms with Gasteiger partial charge in [0.25, 0.3) is 5.91 Å². The van der Waals surface area contributed by atoms with Crippen LogP contribution in [0, 0.1) is 6.92 Å². The zero-order valence-corrected chi connectivity index (χ0v) is 16.4. The van der Waals surface area contributed by atoms with Gasteiger partial charge in [-0.05, 0) is 48.9 Å². The van der Waals surface area contributed by atoms with E-state index in [1.807, 2.05) is 67.6 Å². The molecule has 138 valence electrons. The fraction of sp³-hybridized carbons (Fsp3) is 0.136. The van der Waals surface area contributed by atoms with Gasteiger partial charge in [0, 0.05) is 15.7 Å². The van der Waals surface area contributed by atoms with Crippen LogP contribution in [0.2, 0.25) is 10.0 Å². The van der Waals surface area contributed by atoms with Gasteiger partial charge in [-0.15, -0.1) is 0 Å². The van der Waals surface area contributed by atoms with Gasteiger partial charge in [0.05, 0.1) is 6.54 Å². The summed E-state index contributed by atoms with van der Waals surface area (Å²) in [5.41, 5.74) is 2.72. The lowest BCUT2D eigenvalue weighted by molar-refractivity contribution is -0.120. The summed E-state index contributed by atoms with van der Waals surface area (Å²) in [6.45, 7) is 2.27. The summed E-state index contributed by atoms with van der Waals surface area (Å²) in [5.74, 6) is 0.493. The van der Waals surface area contributed by atoms with Gasteiger partial charge in [-0.3, -0.25) is 4.79 Å². The third-order valence-corrected chi connectivity index (χ3v) is 4.68. The van der Waals surface area contributed by atoms with E-state index >= 15 is 0 Å². The molecule has 3 aromatic carbocycles. The van der Waals surface area contributed by atoms with E-state index in [-0.39, 0.29) is 12.5 Å². The number of carbonyl (C=O) groups is 1. The number of hydrogen-bond donors (Lipinski definition) is 0. The van der Waals surface area contributed by atoms with E-state index in [9.17, 15) is 4.79 Å². The molecule has 0 aliphatic carbocycles. The Hall–Kier alpha value is -2.49. The smallest absolute Gasteiger partial charge is 0.265 e. The van der Waals surface area contributed by atoms with E-state index in [0.717, 1.165) is 16.8 Å². The first-order valence-electron chi connectivity index (χ1n) is 8.52. The topological polar surface area (TPSA) is 29.5 Å². The van der Waals surface area contributed by atoms with E-state index in [0.29, 0.717) is 22.3 Å². The average molecular weight is 400 g/mol. The van der Waals surface area contributed by atoms with Crippen molar-refractivity contribution >= 4 is 34.8 Å². The summed E-state index contributed by atoms with van der Waals surface area (Å²) in [7, 11) is 0. The lowest BCUT2D eigenvalue weighted by Crippen LogP contribution is -2.34. The average Bonchev–Trinajstić information content (AvgIpc) is 2.67. The minimum atomic E-state index is -0.159. The maximum atomic E-state index is 12.9. The van der Waals surface area contributed by atoms with Gasteiger partial charge in [-0.25, -0.2) is 0 Å². The molecule has 3 nitrogen and oxygen atoms in total. The van der Waals surface area contributed by atoms with Crippen LogP contribution in [0.25, 0.3) is 0 Å². The molecule has 0 bridgehead atoms. The molecule has 1 amide bonds. The molecule has 0 N–H and O–H groups in total. The van der Waals surface area contributed by atoms with Gasteiger partial charge < -0.3 is 9.64 Å². The summed E-state index contributed by atoms with van der Waals surface area (Å²) in [5, 5.41) is 1.08. The molecule has 0 radical (unpaired) electrons. The number of rotatable bonds is 6. The van der Waals surface area contributed by atoms with E-state index in [1.165, 1.54) is 0 Å². The van der Waals surface area contributed by atoms with Crippen molar-refractivity contribution in [2.24, 2.45) is 0 Å². The van der Waals surface area contributed by atoms with Crippen LogP contribution < -0.4 is 9.64 Å². The molecule has 0 fully saturated rings. The molecular formula is C22H19Cl2NO2. The number of para-hydroxylation sites is 1. The first-order valence-corrected chi connectivity index (χ1v) is 9.27. The van der Waals surface area contributed by atoms with Crippen molar-refractivity contribution in [3.05, 3.63) is 94.0 Å². The molecule has 0 aromatic heterocycles. The van der Waals surface area contributed by atoms with Crippen LogP contribution in [0.1, 0.15) is 11.1 Å². The van der Waals surface area contributed by atoms with Crippen molar-refractivity contribution in [1.29, 1.82) is 0 Å². The van der Waals surface area contributed by atoms with Crippen molar-refractivity contribution in [2.75, 3.05) is 11.5 Å². The Labute approximate surface area is 169 Å². The Morgan fingerprint density at radius 1 is 0.963 bits per heavy atom. The highest BCUT2D eigenvalue weighted by Gasteiger charge is 2.18. The largest absolute Gasteiger partial charge is 0.484 e. The lowest BCUT2D eigenvalue weighted by atomic mass is 10.1. The molecule has 3 aromatic rings. The molecule has 5 heteroatoms. The van der Waals surface area contributed by atoms with Crippen molar-refractivity contribution in [3.63, 3.8) is 0 Å². The van der Waals surface area contributed by atoms with Crippen molar-refractivity contribution in [3.8, 4) is 5.75 Å². The second-order valence-corrected chi connectivity index (χ2v) is 7.00. The number of halogens is 2. The number of carbonyl (C=O) groups excluding carboxylic acids is 1. The highest BCUT2D eigenvalue weighted by molar-refractivity contribution is 6.35. The van der Waals surface area contributed by atoms with Crippen molar-refractivity contribution in [1.82, 2.24) is 0 Å². The highest BCUT2D eigenvalue weighted by atomic mass is 35.5. The van der Waals surface area contributed by atoms with Gasteiger partial charge in [0.1, 0.15) is 5.75 Å². The van der Waals surface area contributed by atoms with Crippen LogP contribution >= 0.6 is 23.2 Å². The Bertz CT molecular complexity index is 911. The molecule has 0 aliphatic rings. The quantitative estimate of drug-likeness (QED) is 0.515. The van der Waals surface area contributed by atoms with E-state index in [4.69, 9.17) is 27.9 Å². The molecule has 0 spiro atoms. The minimum absolute atomic E-state index is 0.0664. The first kappa shape index (κ1) is 19.3. The summed E-state index contributed by atoms with van der Waals surface area (Å²) in [4.78, 5) is 14.6. The second kappa shape index (κ2) is 8.94. The first-order chi connectivity index (χ1) is 13.0. The van der Waals surface area contributed by atoms with Crippen LogP contribution in [0.4, 0.5) is 5.69 Å². The number of aryl methyl sites for hydroxylation is 1. The molecule has 0 aliphatic heterocycles. The van der Waals surface area contributed by atoms with Gasteiger partial charge in [-0.1, -0.05) is 65.2 Å². The fourth-order valence-electron chi connectivity index (χ4n) is 2.61. The van der Waals surface area contributed by atoms with E-state index in [2.05, 4.69) is 0 Å². The number of amides is 1. The summed E-state index contributed by atoms with van der Waals surface area (Å²) >= 11 is 12.3. The minimum Gasteiger partial charge on any atom is -0.484 e. The maximum absolute atomic E-state index is 12.9. The summed E-state index contributed by atoms with van der Waals surface area (Å²) in [6, 6.07) is 22.3. The summed E-state index contributed by atoms with van der Waals surface area (Å²) in [6.07, 6.45) is 0. The third kappa shape index (κ3) is 5.25. The molecule has 0 heterocycles. The van der Waals surface area contributed by atoms with Gasteiger partial charge in [-0.2, -0.15) is 0 Å². The fourth-order valence-corrected chi connectivity index (χ4v) is 3.08. The number of anilines is 1. The predicted molar refractivity (Wildman–Crippen MR) is 111 cm³/mol. The lowest BCUT2D eigenvalue weighted by Gasteiger charge is -2.24. The van der Waals surface area contributed by atoms with Crippen molar-refractivity contribution < 1.29 is 9.53 Å². The summed E-state index contributed by atoms with van der Waals surface area (Å²) < 4.78 is 5.64. The molecule has 0 saturated heterocycles. The van der Waals surface area contributed by atoms with Crippen LogP contribution in [-0.4, -0.2) is 12.5 Å². The predicted octanol–water partition coefficient (Wildman–Crippen LogP) is 5.91. The zero-order valence-electron chi connectivity index (χ0n) is 14.9. The van der Waals surface area contributed by atoms with Gasteiger partial charge in [0.15, 0.2) is 6.61 Å². The highest BCUT2D eigenvalue weighted by Crippen LogP contribution is 2.25. The van der Waals surface area contributed by atoms with Gasteiger partial charge >= 0.3 is 0 Å². The Balaban J connectivity index is 1.82. The Kier molecular flexibility index (Phi) is 6.38. The molecule has 0 unspecified atom stereocenters. The van der Waals surface area contributed by atoms with Crippen LogP contribution in [0.5, 0.6) is 5.75 Å². The molecule has 27 heavy (non-hydrogen) atoms. The SMILES string of the molecule is Cc1ccc(N(Cc2ccc(Cl)cc2Cl)C(=O)COc2ccccc2)cc1. The number of hydrogen-bond acceptors (Lipinski definition) is 2. The molecule has 0 saturated carbocycles. The van der Waals surface area contributed by atoms with E-state index < -0.39 is 0 Å². The van der Waals surface area contributed by atoms with Crippen LogP contribution in [-0.2, 0) is 11.3 Å². The molecule has 0 atom stereocenters. The van der Waals surface area contributed by atoms with E-state index in [1.54, 1.807) is 17.0 Å². The van der Waals surface area contributed by atoms with Crippen LogP contribution in [0.15, 0.2) is 72.8 Å². The third-order valence-electron chi connectivity index (χ3n) is 4.10. The molecular weight excluding hydrogens is 381 g/mol. The standard InChI is InChI=1S/C22H19Cl2NO2/c1-16-7-11-19(12-8-16)25(14-17-9-10-18(23)13-21(17)24)22(26)15-27-20-5-3-2-4-6-20/h2-13H,14-15H2,1H3. The maximum Gasteiger partial charge on any atom is 0.265 e. The van der Waals surface area contributed by atoms with Crippen LogP contribution in [0.3, 0.4) is 0 Å². The monoisotopic (exact) mass is 399 g/mol. The normalized spacial score (nSPS) is 10.5. The number of ether oxygens (including phenoxy) is 1. The Morgan fingerprint density at radius 2 is 1.67 bits per heavy atom.